The number of hydrogen-bond acceptors (Lipinski definition) is 10. The molecule has 0 aliphatic carbocycles. The van der Waals surface area contributed by atoms with Crippen molar-refractivity contribution in [3.05, 3.63) is 132 Å². The molecule has 0 unspecified atom stereocenters. The quantitative estimate of drug-likeness (QED) is 0.169. The van der Waals surface area contributed by atoms with Crippen molar-refractivity contribution in [1.29, 1.82) is 0 Å². The van der Waals surface area contributed by atoms with Crippen molar-refractivity contribution in [3.8, 4) is 22.3 Å². The molecule has 3 aliphatic heterocycles. The van der Waals surface area contributed by atoms with Gasteiger partial charge in [-0.15, -0.1) is 0 Å². The molecule has 14 nitrogen and oxygen atoms in total. The number of hydrogen-bond donors (Lipinski definition) is 0. The van der Waals surface area contributed by atoms with E-state index in [0.29, 0.717) is 34.2 Å². The molecule has 1 saturated heterocycles. The Balaban J connectivity index is 0.000000169. The van der Waals surface area contributed by atoms with Gasteiger partial charge in [-0.25, -0.2) is 19.9 Å². The van der Waals surface area contributed by atoms with Crippen molar-refractivity contribution < 1.29 is 19.2 Å². The lowest BCUT2D eigenvalue weighted by atomic mass is 9.85. The van der Waals surface area contributed by atoms with Crippen LogP contribution in [0, 0.1) is 13.8 Å². The van der Waals surface area contributed by atoms with Crippen LogP contribution in [0.4, 0.5) is 22.7 Å². The summed E-state index contributed by atoms with van der Waals surface area (Å²) in [7, 11) is 3.37. The fraction of sp³-hybridized carbons (Fsp3) is 0.277. The van der Waals surface area contributed by atoms with Gasteiger partial charge in [-0.3, -0.25) is 38.9 Å². The second-order valence-electron chi connectivity index (χ2n) is 16.7. The minimum absolute atomic E-state index is 0.0442. The maximum absolute atomic E-state index is 13.4. The summed E-state index contributed by atoms with van der Waals surface area (Å²) in [6.07, 6.45) is 14.5. The van der Waals surface area contributed by atoms with Crippen LogP contribution in [0.5, 0.6) is 0 Å². The molecule has 9 rings (SSSR count). The SMILES string of the molecule is Cc1ncc(-c2ccc3c(c2)N(c2cncc(C(=O)N(C)C)c2)C(=O)C3(C)C)cn1.Cc1ncc(-c2ccc3c(c2)N(c2cncc(C(=O)N4CCC4)c2)C(=O)C3(C)C)cn1. The van der Waals surface area contributed by atoms with Gasteiger partial charge in [0.2, 0.25) is 11.8 Å². The zero-order valence-electron chi connectivity index (χ0n) is 35.5. The summed E-state index contributed by atoms with van der Waals surface area (Å²) in [5.41, 5.74) is 7.74. The molecule has 0 radical (unpaired) electrons. The van der Waals surface area contributed by atoms with Gasteiger partial charge in [0.25, 0.3) is 11.8 Å². The van der Waals surface area contributed by atoms with E-state index in [1.807, 2.05) is 77.9 Å². The van der Waals surface area contributed by atoms with Crippen molar-refractivity contribution >= 4 is 46.4 Å². The summed E-state index contributed by atoms with van der Waals surface area (Å²) in [5, 5.41) is 0. The van der Waals surface area contributed by atoms with E-state index in [9.17, 15) is 19.2 Å². The first-order valence-electron chi connectivity index (χ1n) is 20.0. The van der Waals surface area contributed by atoms with E-state index < -0.39 is 10.8 Å². The van der Waals surface area contributed by atoms with Crippen LogP contribution >= 0.6 is 0 Å². The van der Waals surface area contributed by atoms with Gasteiger partial charge in [-0.05, 0) is 94.5 Å². The third-order valence-corrected chi connectivity index (χ3v) is 11.5. The molecule has 1 fully saturated rings. The molecule has 2 aromatic carbocycles. The Morgan fingerprint density at radius 1 is 0.574 bits per heavy atom. The molecule has 308 valence electrons. The van der Waals surface area contributed by atoms with Gasteiger partial charge >= 0.3 is 0 Å². The summed E-state index contributed by atoms with van der Waals surface area (Å²) in [5.74, 6) is 1.09. The molecule has 61 heavy (non-hydrogen) atoms. The van der Waals surface area contributed by atoms with E-state index in [-0.39, 0.29) is 23.6 Å². The van der Waals surface area contributed by atoms with Gasteiger partial charge in [-0.2, -0.15) is 0 Å². The molecule has 4 aromatic heterocycles. The second kappa shape index (κ2) is 15.4. The Kier molecular flexibility index (Phi) is 10.3. The number of amides is 4. The predicted molar refractivity (Wildman–Crippen MR) is 232 cm³/mol. The number of likely N-dealkylation sites (tertiary alicyclic amines) is 1. The number of carbonyl (C=O) groups excluding carboxylic acids is 4. The Morgan fingerprint density at radius 2 is 1.00 bits per heavy atom. The summed E-state index contributed by atoms with van der Waals surface area (Å²) >= 11 is 0. The first kappa shape index (κ1) is 40.6. The number of nitrogens with zero attached hydrogens (tertiary/aromatic N) is 10. The summed E-state index contributed by atoms with van der Waals surface area (Å²) in [6.45, 7) is 12.9. The highest BCUT2D eigenvalue weighted by Crippen LogP contribution is 2.48. The highest BCUT2D eigenvalue weighted by molar-refractivity contribution is 6.14. The van der Waals surface area contributed by atoms with Gasteiger partial charge in [0.15, 0.2) is 0 Å². The number of fused-ring (bicyclic) bond motifs is 2. The van der Waals surface area contributed by atoms with Crippen LogP contribution in [-0.4, -0.2) is 90.5 Å². The van der Waals surface area contributed by atoms with Crippen LogP contribution in [0.25, 0.3) is 22.3 Å². The lowest BCUT2D eigenvalue weighted by molar-refractivity contribution is -0.122. The zero-order valence-corrected chi connectivity index (χ0v) is 35.5. The van der Waals surface area contributed by atoms with E-state index in [4.69, 9.17) is 0 Å². The van der Waals surface area contributed by atoms with Crippen LogP contribution in [0.15, 0.2) is 98.1 Å². The van der Waals surface area contributed by atoms with Gasteiger partial charge in [0.1, 0.15) is 11.6 Å². The first-order chi connectivity index (χ1) is 29.1. The average molecular weight is 815 g/mol. The molecule has 0 saturated carbocycles. The highest BCUT2D eigenvalue weighted by atomic mass is 16.2. The van der Waals surface area contributed by atoms with Crippen LogP contribution in [0.1, 0.15) is 77.6 Å². The van der Waals surface area contributed by atoms with Crippen LogP contribution in [-0.2, 0) is 20.4 Å². The zero-order chi connectivity index (χ0) is 43.4. The Bertz CT molecular complexity index is 2730. The van der Waals surface area contributed by atoms with E-state index in [0.717, 1.165) is 64.3 Å². The molecule has 3 aliphatic rings. The predicted octanol–water partition coefficient (Wildman–Crippen LogP) is 7.15. The fourth-order valence-electron chi connectivity index (χ4n) is 7.75. The monoisotopic (exact) mass is 814 g/mol. The summed E-state index contributed by atoms with van der Waals surface area (Å²) < 4.78 is 0. The standard InChI is InChI=1S/C24H23N5O2.C23H23N5O2/c1-15-26-12-18(13-27-15)16-5-6-20-21(10-16)29(23(31)24(20,2)3)19-9-17(11-25-14-19)22(30)28-7-4-8-28;1-14-25-11-17(12-26-14)15-6-7-19-20(9-15)28(22(30)23(19,2)3)18-8-16(10-24-13-18)21(29)27(4)5/h5-6,9-14H,4,7-8H2,1-3H3;6-13H,1-5H3. The van der Waals surface area contributed by atoms with E-state index in [2.05, 4.69) is 29.9 Å². The van der Waals surface area contributed by atoms with Crippen molar-refractivity contribution in [3.63, 3.8) is 0 Å². The maximum atomic E-state index is 13.4. The molecule has 7 heterocycles. The van der Waals surface area contributed by atoms with Gasteiger partial charge in [0.05, 0.1) is 57.1 Å². The number of rotatable bonds is 6. The number of benzene rings is 2. The number of aryl methyl sites for hydroxylation is 2. The molecule has 0 atom stereocenters. The molecule has 14 heteroatoms. The van der Waals surface area contributed by atoms with Gasteiger partial charge < -0.3 is 9.80 Å². The van der Waals surface area contributed by atoms with E-state index in [1.54, 1.807) is 84.3 Å². The van der Waals surface area contributed by atoms with Crippen molar-refractivity contribution in [2.24, 2.45) is 0 Å². The van der Waals surface area contributed by atoms with E-state index >= 15 is 0 Å². The Hall–Kier alpha value is -7.22. The summed E-state index contributed by atoms with van der Waals surface area (Å²) in [6, 6.07) is 15.4. The summed E-state index contributed by atoms with van der Waals surface area (Å²) in [4.78, 5) is 84.1. The molecule has 4 amide bonds. The molecular weight excluding hydrogens is 769 g/mol. The normalized spacial score (nSPS) is 15.7. The van der Waals surface area contributed by atoms with E-state index in [1.165, 1.54) is 11.1 Å². The van der Waals surface area contributed by atoms with Gasteiger partial charge in [-0.1, -0.05) is 24.3 Å². The third-order valence-electron chi connectivity index (χ3n) is 11.5. The molecular formula is C47H46N10O4. The minimum atomic E-state index is -0.695. The minimum Gasteiger partial charge on any atom is -0.345 e. The first-order valence-corrected chi connectivity index (χ1v) is 20.0. The van der Waals surface area contributed by atoms with Crippen LogP contribution in [0.2, 0.25) is 0 Å². The molecule has 0 spiro atoms. The number of pyridine rings is 2. The number of aromatic nitrogens is 6. The fourth-order valence-corrected chi connectivity index (χ4v) is 7.75. The molecule has 0 N–H and O–H groups in total. The smallest absolute Gasteiger partial charge is 0.255 e. The van der Waals surface area contributed by atoms with Crippen LogP contribution in [0.3, 0.4) is 0 Å². The van der Waals surface area contributed by atoms with Gasteiger partial charge in [0, 0.05) is 75.5 Å². The molecule has 0 bridgehead atoms. The lowest BCUT2D eigenvalue weighted by Crippen LogP contribution is -2.42. The Morgan fingerprint density at radius 3 is 1.41 bits per heavy atom. The second-order valence-corrected chi connectivity index (χ2v) is 16.7. The Labute approximate surface area is 354 Å². The van der Waals surface area contributed by atoms with Crippen molar-refractivity contribution in [2.75, 3.05) is 37.0 Å². The highest BCUT2D eigenvalue weighted by Gasteiger charge is 2.46. The van der Waals surface area contributed by atoms with Crippen LogP contribution < -0.4 is 9.80 Å². The van der Waals surface area contributed by atoms with Crippen molar-refractivity contribution in [2.45, 2.75) is 58.8 Å². The average Bonchev–Trinajstić information content (AvgIpc) is 3.56. The number of carbonyl (C=O) groups is 4. The maximum Gasteiger partial charge on any atom is 0.255 e. The lowest BCUT2D eigenvalue weighted by Gasteiger charge is -2.31. The number of anilines is 4. The third kappa shape index (κ3) is 7.27. The topological polar surface area (TPSA) is 159 Å². The molecule has 6 aromatic rings. The van der Waals surface area contributed by atoms with Crippen molar-refractivity contribution in [1.82, 2.24) is 39.7 Å². The largest absolute Gasteiger partial charge is 0.345 e.